The fourth-order valence-electron chi connectivity index (χ4n) is 2.12. The van der Waals surface area contributed by atoms with Gasteiger partial charge in [-0.3, -0.25) is 9.59 Å². The molecule has 1 aromatic rings. The number of nitrogens with zero attached hydrogens (tertiary/aromatic N) is 1. The summed E-state index contributed by atoms with van der Waals surface area (Å²) in [6.07, 6.45) is 0.660. The second-order valence-electron chi connectivity index (χ2n) is 4.39. The van der Waals surface area contributed by atoms with Crippen molar-refractivity contribution < 1.29 is 14.0 Å². The molecule has 1 fully saturated rings. The molecule has 0 saturated carbocycles. The summed E-state index contributed by atoms with van der Waals surface area (Å²) in [5, 5.41) is 2.62. The fourth-order valence-corrected chi connectivity index (χ4v) is 2.12. The average molecular weight is 265 g/mol. The molecular weight excluding hydrogens is 249 g/mol. The van der Waals surface area contributed by atoms with Crippen LogP contribution in [0.25, 0.3) is 0 Å². The normalized spacial score (nSPS) is 18.7. The Morgan fingerprint density at radius 3 is 2.89 bits per heavy atom. The molecule has 1 aliphatic heterocycles. The van der Waals surface area contributed by atoms with Crippen LogP contribution in [0, 0.1) is 5.82 Å². The lowest BCUT2D eigenvalue weighted by atomic mass is 10.2. The summed E-state index contributed by atoms with van der Waals surface area (Å²) in [6, 6.07) is 5.52. The van der Waals surface area contributed by atoms with Gasteiger partial charge in [0.2, 0.25) is 11.8 Å². The van der Waals surface area contributed by atoms with E-state index in [9.17, 15) is 14.0 Å². The smallest absolute Gasteiger partial charge is 0.249 e. The number of halogens is 1. The van der Waals surface area contributed by atoms with Gasteiger partial charge >= 0.3 is 0 Å². The van der Waals surface area contributed by atoms with Crippen LogP contribution in [0.3, 0.4) is 0 Å². The maximum Gasteiger partial charge on any atom is 0.249 e. The molecule has 0 bridgehead atoms. The van der Waals surface area contributed by atoms with Crippen molar-refractivity contribution in [1.29, 1.82) is 0 Å². The Morgan fingerprint density at radius 1 is 1.47 bits per heavy atom. The molecule has 1 aromatic carbocycles. The number of nitrogens with two attached hydrogens (primary N) is 1. The Kier molecular flexibility index (Phi) is 4.11. The van der Waals surface area contributed by atoms with E-state index in [1.54, 1.807) is 18.2 Å². The highest BCUT2D eigenvalue weighted by atomic mass is 19.1. The highest BCUT2D eigenvalue weighted by molar-refractivity contribution is 6.01. The third kappa shape index (κ3) is 2.90. The van der Waals surface area contributed by atoms with Crippen LogP contribution >= 0.6 is 0 Å². The van der Waals surface area contributed by atoms with Gasteiger partial charge in [-0.15, -0.1) is 0 Å². The second-order valence-corrected chi connectivity index (χ2v) is 4.39. The molecule has 5 nitrogen and oxygen atoms in total. The predicted molar refractivity (Wildman–Crippen MR) is 69.0 cm³/mol. The predicted octanol–water partition coefficient (Wildman–Crippen LogP) is 0.396. The number of anilines is 1. The third-order valence-electron chi connectivity index (χ3n) is 3.06. The van der Waals surface area contributed by atoms with Crippen LogP contribution in [0.5, 0.6) is 0 Å². The number of hydrogen-bond acceptors (Lipinski definition) is 3. The van der Waals surface area contributed by atoms with Crippen molar-refractivity contribution in [2.24, 2.45) is 5.73 Å². The van der Waals surface area contributed by atoms with Gasteiger partial charge in [-0.05, 0) is 18.6 Å². The maximum atomic E-state index is 13.6. The highest BCUT2D eigenvalue weighted by Crippen LogP contribution is 2.24. The molecule has 102 valence electrons. The van der Waals surface area contributed by atoms with Crippen molar-refractivity contribution in [3.8, 4) is 0 Å². The van der Waals surface area contributed by atoms with Gasteiger partial charge in [-0.25, -0.2) is 4.39 Å². The fraction of sp³-hybridized carbons (Fsp3) is 0.385. The number of amides is 2. The molecule has 1 aliphatic rings. The van der Waals surface area contributed by atoms with E-state index in [0.29, 0.717) is 13.0 Å². The van der Waals surface area contributed by atoms with E-state index in [1.807, 2.05) is 0 Å². The first kappa shape index (κ1) is 13.5. The summed E-state index contributed by atoms with van der Waals surface area (Å²) in [7, 11) is 0. The van der Waals surface area contributed by atoms with Crippen molar-refractivity contribution in [1.82, 2.24) is 5.32 Å². The molecule has 2 rings (SSSR count). The minimum absolute atomic E-state index is 0.184. The molecule has 2 amide bonds. The minimum Gasteiger partial charge on any atom is -0.344 e. The Morgan fingerprint density at radius 2 is 2.21 bits per heavy atom. The van der Waals surface area contributed by atoms with Gasteiger partial charge < -0.3 is 16.0 Å². The Labute approximate surface area is 110 Å². The van der Waals surface area contributed by atoms with Crippen molar-refractivity contribution in [2.45, 2.75) is 18.9 Å². The van der Waals surface area contributed by atoms with Crippen LogP contribution < -0.4 is 16.0 Å². The van der Waals surface area contributed by atoms with Gasteiger partial charge in [0.15, 0.2) is 0 Å². The van der Waals surface area contributed by atoms with Crippen LogP contribution in [-0.2, 0) is 9.59 Å². The van der Waals surface area contributed by atoms with Gasteiger partial charge in [-0.1, -0.05) is 12.1 Å². The molecule has 1 heterocycles. The van der Waals surface area contributed by atoms with Crippen LogP contribution in [-0.4, -0.2) is 30.9 Å². The van der Waals surface area contributed by atoms with Crippen molar-refractivity contribution in [2.75, 3.05) is 18.0 Å². The summed E-state index contributed by atoms with van der Waals surface area (Å²) in [4.78, 5) is 24.9. The molecule has 0 aromatic heterocycles. The lowest BCUT2D eigenvalue weighted by Gasteiger charge is -2.17. The summed E-state index contributed by atoms with van der Waals surface area (Å²) in [6.45, 7) is 0.636. The van der Waals surface area contributed by atoms with Crippen molar-refractivity contribution in [3.63, 3.8) is 0 Å². The number of nitrogens with one attached hydrogen (secondary N) is 1. The van der Waals surface area contributed by atoms with Gasteiger partial charge in [0, 0.05) is 19.5 Å². The molecule has 0 radical (unpaired) electrons. The number of para-hydroxylation sites is 1. The molecule has 1 saturated heterocycles. The van der Waals surface area contributed by atoms with E-state index >= 15 is 0 Å². The molecular formula is C13H16FN3O2. The summed E-state index contributed by atoms with van der Waals surface area (Å²) >= 11 is 0. The molecule has 0 spiro atoms. The minimum atomic E-state index is -0.585. The number of benzene rings is 1. The molecule has 0 aliphatic carbocycles. The summed E-state index contributed by atoms with van der Waals surface area (Å²) < 4.78 is 13.6. The molecule has 1 atom stereocenters. The Balaban J connectivity index is 2.06. The molecule has 6 heteroatoms. The zero-order valence-electron chi connectivity index (χ0n) is 10.4. The first-order valence-electron chi connectivity index (χ1n) is 6.19. The summed E-state index contributed by atoms with van der Waals surface area (Å²) in [5.74, 6) is -0.975. The number of carbonyl (C=O) groups is 2. The zero-order valence-corrected chi connectivity index (χ0v) is 10.4. The largest absolute Gasteiger partial charge is 0.344 e. The first-order valence-corrected chi connectivity index (χ1v) is 6.19. The van der Waals surface area contributed by atoms with Gasteiger partial charge in [-0.2, -0.15) is 0 Å². The van der Waals surface area contributed by atoms with E-state index in [2.05, 4.69) is 5.32 Å². The van der Waals surface area contributed by atoms with Crippen LogP contribution in [0.2, 0.25) is 0 Å². The topological polar surface area (TPSA) is 75.4 Å². The van der Waals surface area contributed by atoms with E-state index in [1.165, 1.54) is 11.0 Å². The molecule has 19 heavy (non-hydrogen) atoms. The van der Waals surface area contributed by atoms with Crippen LogP contribution in [0.4, 0.5) is 10.1 Å². The summed E-state index contributed by atoms with van der Waals surface area (Å²) in [5.41, 5.74) is 5.52. The van der Waals surface area contributed by atoms with Crippen LogP contribution in [0.15, 0.2) is 24.3 Å². The second kappa shape index (κ2) is 5.79. The average Bonchev–Trinajstić information content (AvgIpc) is 2.72. The van der Waals surface area contributed by atoms with Gasteiger partial charge in [0.05, 0.1) is 5.69 Å². The molecule has 1 unspecified atom stereocenters. The maximum absolute atomic E-state index is 13.6. The lowest BCUT2D eigenvalue weighted by molar-refractivity contribution is -0.126. The third-order valence-corrected chi connectivity index (χ3v) is 3.06. The number of hydrogen-bond donors (Lipinski definition) is 2. The van der Waals surface area contributed by atoms with Crippen molar-refractivity contribution >= 4 is 17.5 Å². The lowest BCUT2D eigenvalue weighted by Crippen LogP contribution is -2.42. The van der Waals surface area contributed by atoms with E-state index in [0.717, 1.165) is 0 Å². The standard InChI is InChI=1S/C13H16FN3O2/c14-9-3-1-2-4-11(9)17-8-6-10(13(17)19)16-12(18)5-7-15/h1-4,10H,5-8,15H2,(H,16,18). The number of carbonyl (C=O) groups excluding carboxylic acids is 2. The SMILES string of the molecule is NCCC(=O)NC1CCN(c2ccccc2F)C1=O. The van der Waals surface area contributed by atoms with Crippen molar-refractivity contribution in [3.05, 3.63) is 30.1 Å². The van der Waals surface area contributed by atoms with Crippen LogP contribution in [0.1, 0.15) is 12.8 Å². The van der Waals surface area contributed by atoms with E-state index in [4.69, 9.17) is 5.73 Å². The monoisotopic (exact) mass is 265 g/mol. The quantitative estimate of drug-likeness (QED) is 0.827. The first-order chi connectivity index (χ1) is 9.13. The van der Waals surface area contributed by atoms with E-state index < -0.39 is 11.9 Å². The highest BCUT2D eigenvalue weighted by Gasteiger charge is 2.34. The van der Waals surface area contributed by atoms with Gasteiger partial charge in [0.25, 0.3) is 0 Å². The Bertz CT molecular complexity index is 493. The number of rotatable bonds is 4. The zero-order chi connectivity index (χ0) is 13.8. The van der Waals surface area contributed by atoms with E-state index in [-0.39, 0.29) is 30.5 Å². The Hall–Kier alpha value is -1.95. The molecule has 3 N–H and O–H groups in total. The van der Waals surface area contributed by atoms with Gasteiger partial charge in [0.1, 0.15) is 11.9 Å².